The van der Waals surface area contributed by atoms with E-state index >= 15 is 0 Å². The van der Waals surface area contributed by atoms with Gasteiger partial charge in [0.1, 0.15) is 6.54 Å². The normalized spacial score (nSPS) is 9.71. The monoisotopic (exact) mass is 198 g/mol. The van der Waals surface area contributed by atoms with Gasteiger partial charge >= 0.3 is 5.97 Å². The molecular weight excluding hydrogens is 190 g/mol. The SMILES string of the molecule is O=C(O)CCNC(=O)Cn1n[c]nn1. The molecule has 0 saturated heterocycles. The predicted octanol–water partition coefficient (Wildman–Crippen LogP) is -1.94. The summed E-state index contributed by atoms with van der Waals surface area (Å²) in [7, 11) is 0. The lowest BCUT2D eigenvalue weighted by Crippen LogP contribution is -2.30. The number of aromatic nitrogens is 4. The minimum Gasteiger partial charge on any atom is -0.481 e. The van der Waals surface area contributed by atoms with Gasteiger partial charge in [-0.1, -0.05) is 0 Å². The van der Waals surface area contributed by atoms with E-state index in [2.05, 4.69) is 27.1 Å². The minimum atomic E-state index is -0.961. The molecule has 1 aromatic rings. The first-order chi connectivity index (χ1) is 6.68. The molecule has 0 atom stereocenters. The highest BCUT2D eigenvalue weighted by Gasteiger charge is 2.04. The number of carboxylic acid groups (broad SMARTS) is 1. The van der Waals surface area contributed by atoms with Crippen LogP contribution in [0, 0.1) is 6.33 Å². The molecule has 0 aliphatic heterocycles. The van der Waals surface area contributed by atoms with E-state index in [-0.39, 0.29) is 25.4 Å². The van der Waals surface area contributed by atoms with Gasteiger partial charge in [0.2, 0.25) is 12.2 Å². The van der Waals surface area contributed by atoms with Gasteiger partial charge in [-0.25, -0.2) is 0 Å². The molecule has 0 saturated carbocycles. The molecule has 0 spiro atoms. The number of hydrogen-bond acceptors (Lipinski definition) is 5. The molecular formula is C6H8N5O3. The molecule has 1 amide bonds. The van der Waals surface area contributed by atoms with Crippen LogP contribution in [0.25, 0.3) is 0 Å². The predicted molar refractivity (Wildman–Crippen MR) is 41.9 cm³/mol. The van der Waals surface area contributed by atoms with Crippen molar-refractivity contribution in [2.45, 2.75) is 13.0 Å². The maximum Gasteiger partial charge on any atom is 0.305 e. The smallest absolute Gasteiger partial charge is 0.305 e. The molecule has 1 rings (SSSR count). The van der Waals surface area contributed by atoms with Crippen LogP contribution in [-0.4, -0.2) is 43.7 Å². The van der Waals surface area contributed by atoms with E-state index in [0.717, 1.165) is 4.80 Å². The van der Waals surface area contributed by atoms with Gasteiger partial charge in [0.05, 0.1) is 6.42 Å². The molecule has 0 aliphatic rings. The third-order valence-corrected chi connectivity index (χ3v) is 1.30. The lowest BCUT2D eigenvalue weighted by atomic mass is 10.4. The Kier molecular flexibility index (Phi) is 3.53. The second-order valence-corrected chi connectivity index (χ2v) is 2.41. The molecule has 14 heavy (non-hydrogen) atoms. The number of carbonyl (C=O) groups excluding carboxylic acids is 1. The van der Waals surface area contributed by atoms with Crippen molar-refractivity contribution in [3.63, 3.8) is 0 Å². The lowest BCUT2D eigenvalue weighted by molar-refractivity contribution is -0.136. The highest BCUT2D eigenvalue weighted by molar-refractivity contribution is 5.76. The zero-order valence-electron chi connectivity index (χ0n) is 7.17. The standard InChI is InChI=1S/C6H8N5O3/c12-5(7-2-1-6(13)14)3-11-9-4-8-10-11/h1-3H2,(H,7,12)(H,13,14). The van der Waals surface area contributed by atoms with Crippen molar-refractivity contribution in [2.24, 2.45) is 0 Å². The summed E-state index contributed by atoms with van der Waals surface area (Å²) in [6.45, 7) is 0.00268. The second kappa shape index (κ2) is 4.90. The van der Waals surface area contributed by atoms with Crippen molar-refractivity contribution in [1.82, 2.24) is 25.5 Å². The Morgan fingerprint density at radius 2 is 2.29 bits per heavy atom. The summed E-state index contributed by atoms with van der Waals surface area (Å²) in [6.07, 6.45) is 2.08. The fraction of sp³-hybridized carbons (Fsp3) is 0.500. The van der Waals surface area contributed by atoms with E-state index in [1.807, 2.05) is 0 Å². The number of nitrogens with zero attached hydrogens (tertiary/aromatic N) is 4. The molecule has 1 aromatic heterocycles. The first-order valence-electron chi connectivity index (χ1n) is 3.81. The topological polar surface area (TPSA) is 110 Å². The lowest BCUT2D eigenvalue weighted by Gasteiger charge is -2.01. The Morgan fingerprint density at radius 1 is 1.50 bits per heavy atom. The summed E-state index contributed by atoms with van der Waals surface area (Å²) >= 11 is 0. The number of amides is 1. The van der Waals surface area contributed by atoms with Crippen LogP contribution in [0.1, 0.15) is 6.42 Å². The molecule has 0 aromatic carbocycles. The van der Waals surface area contributed by atoms with Crippen molar-refractivity contribution in [3.05, 3.63) is 6.33 Å². The number of tetrazole rings is 1. The summed E-state index contributed by atoms with van der Waals surface area (Å²) in [5, 5.41) is 20.9. The maximum absolute atomic E-state index is 11.0. The Bertz CT molecular complexity index is 309. The first kappa shape index (κ1) is 10.1. The van der Waals surface area contributed by atoms with Crippen molar-refractivity contribution < 1.29 is 14.7 Å². The van der Waals surface area contributed by atoms with Crippen LogP contribution in [0.15, 0.2) is 0 Å². The molecule has 0 bridgehead atoms. The molecule has 0 fully saturated rings. The third kappa shape index (κ3) is 3.61. The fourth-order valence-electron chi connectivity index (χ4n) is 0.723. The molecule has 1 radical (unpaired) electrons. The molecule has 0 unspecified atom stereocenters. The van der Waals surface area contributed by atoms with E-state index in [1.54, 1.807) is 0 Å². The van der Waals surface area contributed by atoms with Crippen LogP contribution in [-0.2, 0) is 16.1 Å². The highest BCUT2D eigenvalue weighted by Crippen LogP contribution is 1.78. The van der Waals surface area contributed by atoms with Crippen LogP contribution in [0.2, 0.25) is 0 Å². The first-order valence-corrected chi connectivity index (χ1v) is 3.81. The quantitative estimate of drug-likeness (QED) is 0.569. The van der Waals surface area contributed by atoms with Crippen LogP contribution < -0.4 is 5.32 Å². The largest absolute Gasteiger partial charge is 0.481 e. The minimum absolute atomic E-state index is 0.0872. The highest BCUT2D eigenvalue weighted by atomic mass is 16.4. The Balaban J connectivity index is 2.20. The van der Waals surface area contributed by atoms with Gasteiger partial charge in [0.25, 0.3) is 0 Å². The summed E-state index contributed by atoms with van der Waals surface area (Å²) in [6, 6.07) is 0. The van der Waals surface area contributed by atoms with E-state index in [9.17, 15) is 9.59 Å². The molecule has 75 valence electrons. The summed E-state index contributed by atoms with van der Waals surface area (Å²) < 4.78 is 0. The molecule has 0 aliphatic carbocycles. The summed E-state index contributed by atoms with van der Waals surface area (Å²) in [5.41, 5.74) is 0. The van der Waals surface area contributed by atoms with Gasteiger partial charge in [-0.15, -0.1) is 10.2 Å². The van der Waals surface area contributed by atoms with Gasteiger partial charge in [-0.05, 0) is 5.21 Å². The Morgan fingerprint density at radius 3 is 2.86 bits per heavy atom. The van der Waals surface area contributed by atoms with Gasteiger partial charge in [-0.2, -0.15) is 4.80 Å². The molecule has 8 nitrogen and oxygen atoms in total. The third-order valence-electron chi connectivity index (χ3n) is 1.30. The van der Waals surface area contributed by atoms with E-state index in [1.165, 1.54) is 0 Å². The number of carbonyl (C=O) groups is 2. The zero-order valence-corrected chi connectivity index (χ0v) is 7.17. The van der Waals surface area contributed by atoms with Crippen LogP contribution in [0.3, 0.4) is 0 Å². The number of carboxylic acids is 1. The summed E-state index contributed by atoms with van der Waals surface area (Å²) in [4.78, 5) is 22.2. The Hall–Kier alpha value is -1.99. The Labute approximate surface area is 78.9 Å². The molecule has 1 heterocycles. The number of aliphatic carboxylic acids is 1. The number of hydrogen-bond donors (Lipinski definition) is 2. The average molecular weight is 198 g/mol. The van der Waals surface area contributed by atoms with E-state index in [0.29, 0.717) is 0 Å². The molecule has 2 N–H and O–H groups in total. The van der Waals surface area contributed by atoms with Crippen molar-refractivity contribution in [1.29, 1.82) is 0 Å². The van der Waals surface area contributed by atoms with E-state index in [4.69, 9.17) is 5.11 Å². The number of nitrogens with one attached hydrogen (secondary N) is 1. The van der Waals surface area contributed by atoms with Crippen molar-refractivity contribution in [2.75, 3.05) is 6.54 Å². The summed E-state index contributed by atoms with van der Waals surface area (Å²) in [5.74, 6) is -1.32. The van der Waals surface area contributed by atoms with Crippen LogP contribution in [0.5, 0.6) is 0 Å². The molecule has 8 heteroatoms. The van der Waals surface area contributed by atoms with Gasteiger partial charge in [0.15, 0.2) is 0 Å². The van der Waals surface area contributed by atoms with Gasteiger partial charge < -0.3 is 10.4 Å². The van der Waals surface area contributed by atoms with Crippen molar-refractivity contribution >= 4 is 11.9 Å². The van der Waals surface area contributed by atoms with Crippen LogP contribution in [0.4, 0.5) is 0 Å². The average Bonchev–Trinajstić information content (AvgIpc) is 2.56. The van der Waals surface area contributed by atoms with Gasteiger partial charge in [-0.3, -0.25) is 9.59 Å². The number of rotatable bonds is 5. The maximum atomic E-state index is 11.0. The second-order valence-electron chi connectivity index (χ2n) is 2.41. The van der Waals surface area contributed by atoms with Crippen LogP contribution >= 0.6 is 0 Å². The van der Waals surface area contributed by atoms with E-state index < -0.39 is 5.97 Å². The van der Waals surface area contributed by atoms with Gasteiger partial charge in [0, 0.05) is 6.54 Å². The van der Waals surface area contributed by atoms with Crippen molar-refractivity contribution in [3.8, 4) is 0 Å². The zero-order chi connectivity index (χ0) is 10.4. The fourth-order valence-corrected chi connectivity index (χ4v) is 0.723.